The molecule has 0 atom stereocenters. The van der Waals surface area contributed by atoms with Crippen LogP contribution >= 0.6 is 0 Å². The molecule has 1 aliphatic carbocycles. The van der Waals surface area contributed by atoms with Crippen LogP contribution in [0, 0.1) is 6.92 Å². The Morgan fingerprint density at radius 3 is 2.25 bits per heavy atom. The molecule has 1 aromatic heterocycles. The Bertz CT molecular complexity index is 602. The van der Waals surface area contributed by atoms with E-state index in [9.17, 15) is 0 Å². The number of anilines is 1. The first-order valence-electron chi connectivity index (χ1n) is 7.30. The highest BCUT2D eigenvalue weighted by molar-refractivity contribution is 5.59. The maximum absolute atomic E-state index is 6.10. The van der Waals surface area contributed by atoms with Crippen molar-refractivity contribution in [2.75, 3.05) is 5.73 Å². The van der Waals surface area contributed by atoms with Crippen LogP contribution in [-0.2, 0) is 0 Å². The number of nitrogen functional groups attached to an aromatic ring is 1. The zero-order valence-corrected chi connectivity index (χ0v) is 12.4. The van der Waals surface area contributed by atoms with Gasteiger partial charge in [0.1, 0.15) is 5.82 Å². The maximum atomic E-state index is 6.10. The van der Waals surface area contributed by atoms with Gasteiger partial charge < -0.3 is 5.73 Å². The minimum Gasteiger partial charge on any atom is -0.383 e. The molecule has 0 amide bonds. The van der Waals surface area contributed by atoms with Crippen molar-refractivity contribution >= 4 is 5.82 Å². The van der Waals surface area contributed by atoms with Crippen LogP contribution in [0.5, 0.6) is 0 Å². The summed E-state index contributed by atoms with van der Waals surface area (Å²) in [7, 11) is 0. The summed E-state index contributed by atoms with van der Waals surface area (Å²) in [5.74, 6) is 2.46. The predicted octanol–water partition coefficient (Wildman–Crippen LogP) is 4.04. The van der Waals surface area contributed by atoms with Crippen LogP contribution in [0.15, 0.2) is 24.3 Å². The smallest absolute Gasteiger partial charge is 0.161 e. The van der Waals surface area contributed by atoms with Gasteiger partial charge >= 0.3 is 0 Å². The highest BCUT2D eigenvalue weighted by atomic mass is 15.0. The molecule has 0 bridgehead atoms. The summed E-state index contributed by atoms with van der Waals surface area (Å²) in [6.45, 7) is 6.24. The lowest BCUT2D eigenvalue weighted by Crippen LogP contribution is -2.06. The van der Waals surface area contributed by atoms with E-state index in [0.717, 1.165) is 28.6 Å². The predicted molar refractivity (Wildman–Crippen MR) is 82.7 cm³/mol. The number of rotatable bonds is 3. The zero-order valence-electron chi connectivity index (χ0n) is 12.4. The van der Waals surface area contributed by atoms with E-state index in [4.69, 9.17) is 5.73 Å². The second kappa shape index (κ2) is 4.89. The summed E-state index contributed by atoms with van der Waals surface area (Å²) < 4.78 is 0. The summed E-state index contributed by atoms with van der Waals surface area (Å²) in [4.78, 5) is 9.11. The zero-order chi connectivity index (χ0) is 14.3. The van der Waals surface area contributed by atoms with Crippen LogP contribution in [0.4, 0.5) is 5.82 Å². The lowest BCUT2D eigenvalue weighted by Gasteiger charge is -2.13. The second-order valence-electron chi connectivity index (χ2n) is 5.98. The van der Waals surface area contributed by atoms with Crippen molar-refractivity contribution in [3.8, 4) is 11.4 Å². The highest BCUT2D eigenvalue weighted by Crippen LogP contribution is 2.40. The van der Waals surface area contributed by atoms with E-state index in [0.29, 0.717) is 11.7 Å². The normalized spacial score (nSPS) is 14.8. The summed E-state index contributed by atoms with van der Waals surface area (Å²) in [6, 6.07) is 8.60. The van der Waals surface area contributed by atoms with Crippen LogP contribution in [-0.4, -0.2) is 9.97 Å². The Labute approximate surface area is 120 Å². The van der Waals surface area contributed by atoms with Gasteiger partial charge in [-0.05, 0) is 37.2 Å². The molecule has 20 heavy (non-hydrogen) atoms. The van der Waals surface area contributed by atoms with E-state index < -0.39 is 0 Å². The van der Waals surface area contributed by atoms with Gasteiger partial charge in [0.25, 0.3) is 0 Å². The van der Waals surface area contributed by atoms with Gasteiger partial charge in [0.15, 0.2) is 5.82 Å². The minimum absolute atomic E-state index is 0.348. The first-order chi connectivity index (χ1) is 9.56. The molecule has 0 saturated heterocycles. The molecule has 0 unspecified atom stereocenters. The molecule has 0 aliphatic heterocycles. The van der Waals surface area contributed by atoms with E-state index >= 15 is 0 Å². The van der Waals surface area contributed by atoms with Gasteiger partial charge in [0.05, 0.1) is 0 Å². The fraction of sp³-hybridized carbons (Fsp3) is 0.412. The Hall–Kier alpha value is -1.90. The van der Waals surface area contributed by atoms with Gasteiger partial charge in [-0.1, -0.05) is 38.1 Å². The van der Waals surface area contributed by atoms with E-state index in [1.54, 1.807) is 0 Å². The van der Waals surface area contributed by atoms with Gasteiger partial charge in [-0.15, -0.1) is 0 Å². The van der Waals surface area contributed by atoms with Crippen molar-refractivity contribution in [3.05, 3.63) is 41.1 Å². The molecule has 0 radical (unpaired) electrons. The monoisotopic (exact) mass is 267 g/mol. The first kappa shape index (κ1) is 13.1. The lowest BCUT2D eigenvalue weighted by molar-refractivity contribution is 0.836. The molecule has 1 aromatic carbocycles. The number of aromatic nitrogens is 2. The molecular formula is C17H21N3. The van der Waals surface area contributed by atoms with Crippen LogP contribution in [0.25, 0.3) is 11.4 Å². The Balaban J connectivity index is 1.97. The van der Waals surface area contributed by atoms with E-state index in [1.165, 1.54) is 18.4 Å². The molecule has 2 aromatic rings. The molecule has 3 rings (SSSR count). The molecule has 1 heterocycles. The van der Waals surface area contributed by atoms with E-state index in [1.807, 2.05) is 6.92 Å². The molecule has 1 fully saturated rings. The third-order valence-corrected chi connectivity index (χ3v) is 3.96. The van der Waals surface area contributed by atoms with E-state index in [-0.39, 0.29) is 0 Å². The average molecular weight is 267 g/mol. The lowest BCUT2D eigenvalue weighted by atomic mass is 10.0. The van der Waals surface area contributed by atoms with Crippen LogP contribution in [0.3, 0.4) is 0 Å². The third kappa shape index (κ3) is 2.40. The summed E-state index contributed by atoms with van der Waals surface area (Å²) in [5.41, 5.74) is 10.6. The molecule has 1 saturated carbocycles. The molecule has 0 spiro atoms. The molecular weight excluding hydrogens is 246 g/mol. The van der Waals surface area contributed by atoms with Gasteiger partial charge in [0.2, 0.25) is 0 Å². The van der Waals surface area contributed by atoms with Crippen LogP contribution in [0.2, 0.25) is 0 Å². The summed E-state index contributed by atoms with van der Waals surface area (Å²) in [6.07, 6.45) is 2.65. The van der Waals surface area contributed by atoms with Crippen molar-refractivity contribution in [1.29, 1.82) is 0 Å². The standard InChI is InChI=1S/C17H21N3/c1-10(2)15-11(3)19-17(20-16(15)18)14-8-6-13(7-9-14)12-4-5-12/h6-10,12H,4-5H2,1-3H3,(H2,18,19,20). The average Bonchev–Trinajstić information content (AvgIpc) is 3.22. The number of nitrogens with zero attached hydrogens (tertiary/aromatic N) is 2. The van der Waals surface area contributed by atoms with Crippen LogP contribution < -0.4 is 5.73 Å². The van der Waals surface area contributed by atoms with Crippen molar-refractivity contribution < 1.29 is 0 Å². The molecule has 2 N–H and O–H groups in total. The fourth-order valence-corrected chi connectivity index (χ4v) is 2.77. The number of aryl methyl sites for hydroxylation is 1. The van der Waals surface area contributed by atoms with Gasteiger partial charge in [0, 0.05) is 16.8 Å². The second-order valence-corrected chi connectivity index (χ2v) is 5.98. The van der Waals surface area contributed by atoms with Crippen molar-refractivity contribution in [1.82, 2.24) is 9.97 Å². The number of nitrogens with two attached hydrogens (primary N) is 1. The van der Waals surface area contributed by atoms with Crippen LogP contribution in [0.1, 0.15) is 55.3 Å². The fourth-order valence-electron chi connectivity index (χ4n) is 2.77. The summed E-state index contributed by atoms with van der Waals surface area (Å²) in [5, 5.41) is 0. The molecule has 3 heteroatoms. The summed E-state index contributed by atoms with van der Waals surface area (Å²) >= 11 is 0. The third-order valence-electron chi connectivity index (χ3n) is 3.96. The quantitative estimate of drug-likeness (QED) is 0.913. The van der Waals surface area contributed by atoms with Gasteiger partial charge in [-0.2, -0.15) is 0 Å². The molecule has 3 nitrogen and oxygen atoms in total. The van der Waals surface area contributed by atoms with Crippen molar-refractivity contribution in [2.24, 2.45) is 0 Å². The van der Waals surface area contributed by atoms with Gasteiger partial charge in [-0.25, -0.2) is 9.97 Å². The molecule has 1 aliphatic rings. The number of hydrogen-bond donors (Lipinski definition) is 1. The Morgan fingerprint density at radius 2 is 1.75 bits per heavy atom. The van der Waals surface area contributed by atoms with Crippen molar-refractivity contribution in [3.63, 3.8) is 0 Å². The van der Waals surface area contributed by atoms with E-state index in [2.05, 4.69) is 48.1 Å². The molecule has 104 valence electrons. The van der Waals surface area contributed by atoms with Crippen molar-refractivity contribution in [2.45, 2.75) is 45.4 Å². The number of hydrogen-bond acceptors (Lipinski definition) is 3. The maximum Gasteiger partial charge on any atom is 0.161 e. The highest BCUT2D eigenvalue weighted by Gasteiger charge is 2.23. The topological polar surface area (TPSA) is 51.8 Å². The minimum atomic E-state index is 0.348. The number of benzene rings is 1. The Kier molecular flexibility index (Phi) is 3.20. The first-order valence-corrected chi connectivity index (χ1v) is 7.30. The Morgan fingerprint density at radius 1 is 1.10 bits per heavy atom. The van der Waals surface area contributed by atoms with Gasteiger partial charge in [-0.3, -0.25) is 0 Å². The SMILES string of the molecule is Cc1nc(-c2ccc(C3CC3)cc2)nc(N)c1C(C)C. The largest absolute Gasteiger partial charge is 0.383 e.